The molecular formula is C4H10BF3KNO. The minimum Gasteiger partial charge on any atom is -0.448 e. The van der Waals surface area contributed by atoms with Gasteiger partial charge in [0.25, 0.3) is 0 Å². The Morgan fingerprint density at radius 2 is 1.91 bits per heavy atom. The van der Waals surface area contributed by atoms with Gasteiger partial charge in [0, 0.05) is 6.04 Å². The van der Waals surface area contributed by atoms with Crippen molar-refractivity contribution in [3.05, 3.63) is 0 Å². The third-order valence-corrected chi connectivity index (χ3v) is 0.972. The van der Waals surface area contributed by atoms with E-state index in [0.29, 0.717) is 0 Å². The molecule has 11 heavy (non-hydrogen) atoms. The zero-order valence-corrected chi connectivity index (χ0v) is 9.77. The first kappa shape index (κ1) is 14.9. The Hall–Kier alpha value is 1.41. The van der Waals surface area contributed by atoms with Crippen LogP contribution < -0.4 is 56.7 Å². The van der Waals surface area contributed by atoms with Gasteiger partial charge in [-0.05, 0) is 13.4 Å². The maximum absolute atomic E-state index is 11.5. The summed E-state index contributed by atoms with van der Waals surface area (Å²) < 4.78 is 34.4. The minimum absolute atomic E-state index is 0. The second kappa shape index (κ2) is 6.88. The summed E-state index contributed by atoms with van der Waals surface area (Å²) in [6.07, 6.45) is -0.984. The van der Waals surface area contributed by atoms with Crippen LogP contribution in [0.4, 0.5) is 12.9 Å². The molecule has 1 unspecified atom stereocenters. The topological polar surface area (TPSA) is 32.3 Å². The molecule has 0 amide bonds. The van der Waals surface area contributed by atoms with Gasteiger partial charge >= 0.3 is 58.4 Å². The molecule has 0 aromatic heterocycles. The molecule has 0 aromatic rings. The van der Waals surface area contributed by atoms with E-state index >= 15 is 0 Å². The Labute approximate surface area is 106 Å². The van der Waals surface area contributed by atoms with Gasteiger partial charge < -0.3 is 23.4 Å². The zero-order valence-electron chi connectivity index (χ0n) is 6.65. The second-order valence-electron chi connectivity index (χ2n) is 2.20. The van der Waals surface area contributed by atoms with Crippen LogP contribution in [0.5, 0.6) is 0 Å². The molecule has 0 aliphatic rings. The van der Waals surface area contributed by atoms with Gasteiger partial charge in [-0.25, -0.2) is 0 Å². The van der Waals surface area contributed by atoms with Crippen LogP contribution >= 0.6 is 0 Å². The number of halogens is 3. The van der Waals surface area contributed by atoms with Gasteiger partial charge in [-0.3, -0.25) is 0 Å². The van der Waals surface area contributed by atoms with E-state index in [9.17, 15) is 12.9 Å². The van der Waals surface area contributed by atoms with Gasteiger partial charge in [0.05, 0.1) is 6.61 Å². The smallest absolute Gasteiger partial charge is 0.448 e. The van der Waals surface area contributed by atoms with Crippen LogP contribution in [0.15, 0.2) is 0 Å². The molecule has 0 aromatic carbocycles. The summed E-state index contributed by atoms with van der Waals surface area (Å²) in [4.78, 5) is 0. The molecule has 0 saturated carbocycles. The molecule has 2 N–H and O–H groups in total. The average Bonchev–Trinajstić information content (AvgIpc) is 1.81. The summed E-state index contributed by atoms with van der Waals surface area (Å²) in [7, 11) is 0. The van der Waals surface area contributed by atoms with Crippen molar-refractivity contribution in [3.8, 4) is 0 Å². The van der Waals surface area contributed by atoms with Gasteiger partial charge in [0.15, 0.2) is 0 Å². The normalized spacial score (nSPS) is 13.9. The van der Waals surface area contributed by atoms with E-state index in [1.165, 1.54) is 6.92 Å². The van der Waals surface area contributed by atoms with E-state index in [-0.39, 0.29) is 58.0 Å². The first-order chi connectivity index (χ1) is 4.45. The Kier molecular flexibility index (Phi) is 9.32. The van der Waals surface area contributed by atoms with E-state index in [1.807, 2.05) is 0 Å². The maximum atomic E-state index is 11.5. The molecule has 0 radical (unpaired) electrons. The van der Waals surface area contributed by atoms with Crippen molar-refractivity contribution >= 4 is 6.98 Å². The fraction of sp³-hybridized carbons (Fsp3) is 1.00. The predicted octanol–water partition coefficient (Wildman–Crippen LogP) is -2.65. The first-order valence-corrected chi connectivity index (χ1v) is 3.01. The summed E-state index contributed by atoms with van der Waals surface area (Å²) in [5.74, 6) is 0. The molecule has 2 nitrogen and oxygen atoms in total. The van der Waals surface area contributed by atoms with E-state index in [0.717, 1.165) is 0 Å². The van der Waals surface area contributed by atoms with Crippen molar-refractivity contribution in [1.82, 2.24) is 5.32 Å². The summed E-state index contributed by atoms with van der Waals surface area (Å²) in [6, 6.07) is -0.483. The van der Waals surface area contributed by atoms with Crippen LogP contribution in [0.3, 0.4) is 0 Å². The van der Waals surface area contributed by atoms with Crippen LogP contribution in [0.1, 0.15) is 6.92 Å². The van der Waals surface area contributed by atoms with Crippen molar-refractivity contribution in [2.75, 3.05) is 13.1 Å². The van der Waals surface area contributed by atoms with Crippen molar-refractivity contribution in [2.24, 2.45) is 0 Å². The SMILES string of the molecule is CC(CO)NC[B-](F)(F)F.[K+]. The fourth-order valence-corrected chi connectivity index (χ4v) is 0.399. The number of hydrogen-bond acceptors (Lipinski definition) is 2. The third kappa shape index (κ3) is 11.4. The van der Waals surface area contributed by atoms with Crippen molar-refractivity contribution in [2.45, 2.75) is 13.0 Å². The third-order valence-electron chi connectivity index (χ3n) is 0.972. The van der Waals surface area contributed by atoms with E-state index < -0.39 is 19.5 Å². The molecule has 0 saturated heterocycles. The van der Waals surface area contributed by atoms with Gasteiger partial charge in [0.1, 0.15) is 0 Å². The number of rotatable bonds is 4. The van der Waals surface area contributed by atoms with Crippen molar-refractivity contribution < 1.29 is 69.4 Å². The molecule has 0 aliphatic heterocycles. The standard InChI is InChI=1S/C4H10BF3NO.K/c1-4(2-10)9-3-5(6,7)8;/h4,9-10H,2-3H2,1H3;/q-1;+1. The predicted molar refractivity (Wildman–Crippen MR) is 33.6 cm³/mol. The van der Waals surface area contributed by atoms with Gasteiger partial charge in [-0.15, -0.1) is 0 Å². The number of hydrogen-bond donors (Lipinski definition) is 2. The molecule has 0 spiro atoms. The summed E-state index contributed by atoms with van der Waals surface area (Å²) in [5, 5.41) is 10.4. The molecule has 0 rings (SSSR count). The summed E-state index contributed by atoms with van der Waals surface area (Å²) in [5.41, 5.74) is 0. The van der Waals surface area contributed by atoms with Gasteiger partial charge in [0.2, 0.25) is 0 Å². The van der Waals surface area contributed by atoms with Gasteiger partial charge in [-0.1, -0.05) is 0 Å². The van der Waals surface area contributed by atoms with Crippen LogP contribution in [-0.2, 0) is 0 Å². The van der Waals surface area contributed by atoms with E-state index in [4.69, 9.17) is 5.11 Å². The van der Waals surface area contributed by atoms with Crippen molar-refractivity contribution in [1.29, 1.82) is 0 Å². The quantitative estimate of drug-likeness (QED) is 0.480. The molecular weight excluding hydrogens is 185 g/mol. The van der Waals surface area contributed by atoms with Crippen LogP contribution in [0.2, 0.25) is 0 Å². The maximum Gasteiger partial charge on any atom is 1.00 e. The monoisotopic (exact) mass is 195 g/mol. The van der Waals surface area contributed by atoms with Crippen molar-refractivity contribution in [3.63, 3.8) is 0 Å². The minimum atomic E-state index is -4.76. The molecule has 0 aliphatic carbocycles. The Morgan fingerprint density at radius 1 is 1.45 bits per heavy atom. The molecule has 7 heteroatoms. The summed E-state index contributed by atoms with van der Waals surface area (Å²) in [6.45, 7) is -3.55. The van der Waals surface area contributed by atoms with Crippen LogP contribution in [0.25, 0.3) is 0 Å². The Bertz CT molecular complexity index is 102. The first-order valence-electron chi connectivity index (χ1n) is 3.01. The van der Waals surface area contributed by atoms with Gasteiger partial charge in [-0.2, -0.15) is 0 Å². The van der Waals surface area contributed by atoms with Crippen LogP contribution in [-0.4, -0.2) is 31.2 Å². The zero-order chi connectivity index (χ0) is 8.20. The molecule has 0 fully saturated rings. The number of aliphatic hydroxyl groups is 1. The Morgan fingerprint density at radius 3 is 2.18 bits per heavy atom. The molecule has 0 heterocycles. The number of nitrogens with one attached hydrogen (secondary N) is 1. The Balaban J connectivity index is 0. The number of aliphatic hydroxyl groups excluding tert-OH is 1. The largest absolute Gasteiger partial charge is 1.00 e. The fourth-order valence-electron chi connectivity index (χ4n) is 0.399. The van der Waals surface area contributed by atoms with Crippen LogP contribution in [0, 0.1) is 0 Å². The van der Waals surface area contributed by atoms with E-state index in [1.54, 1.807) is 0 Å². The summed E-state index contributed by atoms with van der Waals surface area (Å²) >= 11 is 0. The average molecular weight is 195 g/mol. The van der Waals surface area contributed by atoms with E-state index in [2.05, 4.69) is 5.32 Å². The second-order valence-corrected chi connectivity index (χ2v) is 2.20. The molecule has 0 bridgehead atoms. The molecule has 1 atom stereocenters. The molecule has 62 valence electrons.